The van der Waals surface area contributed by atoms with Gasteiger partial charge in [0, 0.05) is 24.5 Å². The molecule has 0 saturated carbocycles. The molecule has 0 spiro atoms. The number of halogens is 2. The number of rotatable bonds is 2. The summed E-state index contributed by atoms with van der Waals surface area (Å²) in [6.07, 6.45) is 1.12. The van der Waals surface area contributed by atoms with Crippen LogP contribution in [0.4, 0.5) is 4.39 Å². The van der Waals surface area contributed by atoms with E-state index in [0.29, 0.717) is 30.0 Å². The highest BCUT2D eigenvalue weighted by molar-refractivity contribution is 6.31. The zero-order valence-corrected chi connectivity index (χ0v) is 9.97. The first kappa shape index (κ1) is 11.8. The van der Waals surface area contributed by atoms with Gasteiger partial charge in [0.1, 0.15) is 5.82 Å². The van der Waals surface area contributed by atoms with E-state index in [-0.39, 0.29) is 5.82 Å². The van der Waals surface area contributed by atoms with Gasteiger partial charge >= 0.3 is 0 Å². The van der Waals surface area contributed by atoms with Crippen LogP contribution in [-0.4, -0.2) is 35.7 Å². The normalized spacial score (nSPS) is 26.2. The van der Waals surface area contributed by atoms with Crippen LogP contribution in [0.3, 0.4) is 0 Å². The zero-order valence-electron chi connectivity index (χ0n) is 9.21. The van der Waals surface area contributed by atoms with Gasteiger partial charge in [0.25, 0.3) is 0 Å². The predicted octanol–water partition coefficient (Wildman–Crippen LogP) is 2.09. The number of hydrogen-bond acceptors (Lipinski definition) is 2. The van der Waals surface area contributed by atoms with Crippen LogP contribution in [-0.2, 0) is 6.42 Å². The predicted molar refractivity (Wildman–Crippen MR) is 62.2 cm³/mol. The summed E-state index contributed by atoms with van der Waals surface area (Å²) >= 11 is 5.98. The summed E-state index contributed by atoms with van der Waals surface area (Å²) in [4.78, 5) is 2.06. The van der Waals surface area contributed by atoms with Crippen LogP contribution < -0.4 is 0 Å². The third-order valence-electron chi connectivity index (χ3n) is 3.05. The fourth-order valence-electron chi connectivity index (χ4n) is 2.24. The molecule has 1 N–H and O–H groups in total. The van der Waals surface area contributed by atoms with E-state index in [2.05, 4.69) is 4.90 Å². The third kappa shape index (κ3) is 2.54. The first-order valence-electron chi connectivity index (χ1n) is 5.33. The van der Waals surface area contributed by atoms with Crippen molar-refractivity contribution >= 4 is 11.6 Å². The molecule has 1 fully saturated rings. The Bertz CT molecular complexity index is 399. The Labute approximate surface area is 99.6 Å². The van der Waals surface area contributed by atoms with E-state index in [0.717, 1.165) is 6.54 Å². The Morgan fingerprint density at radius 2 is 2.31 bits per heavy atom. The number of likely N-dealkylation sites (tertiary alicyclic amines) is 1. The SMILES string of the molecule is CN1CCC(O)(Cc2cc(F)ccc2Cl)C1. The smallest absolute Gasteiger partial charge is 0.123 e. The Kier molecular flexibility index (Phi) is 3.19. The van der Waals surface area contributed by atoms with Crippen molar-refractivity contribution in [3.8, 4) is 0 Å². The molecule has 1 aliphatic rings. The number of nitrogens with zero attached hydrogens (tertiary/aromatic N) is 1. The topological polar surface area (TPSA) is 23.5 Å². The molecule has 1 saturated heterocycles. The van der Waals surface area contributed by atoms with Crippen LogP contribution in [0.5, 0.6) is 0 Å². The summed E-state index contributed by atoms with van der Waals surface area (Å²) < 4.78 is 13.1. The van der Waals surface area contributed by atoms with E-state index >= 15 is 0 Å². The monoisotopic (exact) mass is 243 g/mol. The maximum Gasteiger partial charge on any atom is 0.123 e. The molecule has 1 atom stereocenters. The molecule has 1 unspecified atom stereocenters. The molecule has 1 aliphatic heterocycles. The van der Waals surface area contributed by atoms with Crippen molar-refractivity contribution in [1.29, 1.82) is 0 Å². The average molecular weight is 244 g/mol. The molecule has 2 nitrogen and oxygen atoms in total. The minimum Gasteiger partial charge on any atom is -0.388 e. The van der Waals surface area contributed by atoms with Crippen molar-refractivity contribution in [1.82, 2.24) is 4.90 Å². The minimum absolute atomic E-state index is 0.311. The van der Waals surface area contributed by atoms with Crippen LogP contribution in [0, 0.1) is 5.82 Å². The van der Waals surface area contributed by atoms with Gasteiger partial charge in [-0.3, -0.25) is 0 Å². The largest absolute Gasteiger partial charge is 0.388 e. The number of aliphatic hydroxyl groups is 1. The summed E-state index contributed by atoms with van der Waals surface area (Å²) in [7, 11) is 1.96. The second-order valence-corrected chi connectivity index (χ2v) is 5.03. The number of hydrogen-bond donors (Lipinski definition) is 1. The van der Waals surface area contributed by atoms with Gasteiger partial charge in [-0.05, 0) is 37.2 Å². The van der Waals surface area contributed by atoms with Gasteiger partial charge in [0.2, 0.25) is 0 Å². The summed E-state index contributed by atoms with van der Waals surface area (Å²) in [5, 5.41) is 10.8. The fourth-order valence-corrected chi connectivity index (χ4v) is 2.42. The van der Waals surface area contributed by atoms with Gasteiger partial charge in [-0.15, -0.1) is 0 Å². The maximum atomic E-state index is 13.1. The molecule has 0 radical (unpaired) electrons. The molecule has 0 amide bonds. The van der Waals surface area contributed by atoms with Crippen molar-refractivity contribution in [2.45, 2.75) is 18.4 Å². The molecule has 0 aromatic heterocycles. The Morgan fingerprint density at radius 3 is 2.94 bits per heavy atom. The molecule has 0 bridgehead atoms. The molecule has 2 rings (SSSR count). The van der Waals surface area contributed by atoms with Crippen molar-refractivity contribution in [3.05, 3.63) is 34.6 Å². The lowest BCUT2D eigenvalue weighted by molar-refractivity contribution is 0.0523. The summed E-state index contributed by atoms with van der Waals surface area (Å²) in [6.45, 7) is 1.48. The first-order valence-corrected chi connectivity index (χ1v) is 5.71. The van der Waals surface area contributed by atoms with E-state index in [9.17, 15) is 9.50 Å². The highest BCUT2D eigenvalue weighted by Gasteiger charge is 2.34. The van der Waals surface area contributed by atoms with Crippen LogP contribution in [0.2, 0.25) is 5.02 Å². The van der Waals surface area contributed by atoms with Gasteiger partial charge < -0.3 is 10.0 Å². The molecule has 1 aromatic rings. The summed E-state index contributed by atoms with van der Waals surface area (Å²) in [6, 6.07) is 4.27. The summed E-state index contributed by atoms with van der Waals surface area (Å²) in [5.41, 5.74) is -0.0916. The number of benzene rings is 1. The van der Waals surface area contributed by atoms with Crippen molar-refractivity contribution in [2.24, 2.45) is 0 Å². The second kappa shape index (κ2) is 4.32. The van der Waals surface area contributed by atoms with Crippen LogP contribution >= 0.6 is 11.6 Å². The van der Waals surface area contributed by atoms with E-state index in [1.165, 1.54) is 18.2 Å². The number of β-amino-alcohol motifs (C(OH)–C–C–N with tert-alkyl or cyclic N) is 1. The maximum absolute atomic E-state index is 13.1. The molecule has 1 heterocycles. The van der Waals surface area contributed by atoms with Crippen LogP contribution in [0.25, 0.3) is 0 Å². The fraction of sp³-hybridized carbons (Fsp3) is 0.500. The highest BCUT2D eigenvalue weighted by Crippen LogP contribution is 2.28. The standard InChI is InChI=1S/C12H15ClFNO/c1-15-5-4-12(16,8-15)7-9-6-10(14)2-3-11(9)13/h2-3,6,16H,4-5,7-8H2,1H3. The van der Waals surface area contributed by atoms with Gasteiger partial charge in [-0.2, -0.15) is 0 Å². The van der Waals surface area contributed by atoms with E-state index in [1.807, 2.05) is 7.05 Å². The molecule has 88 valence electrons. The van der Waals surface area contributed by atoms with E-state index in [4.69, 9.17) is 11.6 Å². The first-order chi connectivity index (χ1) is 7.48. The van der Waals surface area contributed by atoms with Gasteiger partial charge in [-0.25, -0.2) is 4.39 Å². The zero-order chi connectivity index (χ0) is 11.8. The minimum atomic E-state index is -0.772. The van der Waals surface area contributed by atoms with Crippen LogP contribution in [0.15, 0.2) is 18.2 Å². The van der Waals surface area contributed by atoms with Gasteiger partial charge in [0.15, 0.2) is 0 Å². The Morgan fingerprint density at radius 1 is 1.56 bits per heavy atom. The van der Waals surface area contributed by atoms with Gasteiger partial charge in [0.05, 0.1) is 5.60 Å². The van der Waals surface area contributed by atoms with E-state index < -0.39 is 5.60 Å². The summed E-state index contributed by atoms with van der Waals surface area (Å²) in [5.74, 6) is -0.311. The molecule has 0 aliphatic carbocycles. The average Bonchev–Trinajstić information content (AvgIpc) is 2.52. The quantitative estimate of drug-likeness (QED) is 0.860. The Hall–Kier alpha value is -0.640. The molecule has 4 heteroatoms. The molecular formula is C12H15ClFNO. The van der Waals surface area contributed by atoms with Crippen molar-refractivity contribution < 1.29 is 9.50 Å². The molecule has 1 aromatic carbocycles. The second-order valence-electron chi connectivity index (χ2n) is 4.62. The lowest BCUT2D eigenvalue weighted by Crippen LogP contribution is -2.34. The van der Waals surface area contributed by atoms with Crippen molar-refractivity contribution in [3.63, 3.8) is 0 Å². The lowest BCUT2D eigenvalue weighted by Gasteiger charge is -2.23. The van der Waals surface area contributed by atoms with Crippen molar-refractivity contribution in [2.75, 3.05) is 20.1 Å². The van der Waals surface area contributed by atoms with Crippen LogP contribution in [0.1, 0.15) is 12.0 Å². The molecular weight excluding hydrogens is 229 g/mol. The Balaban J connectivity index is 2.17. The lowest BCUT2D eigenvalue weighted by atomic mass is 9.94. The highest BCUT2D eigenvalue weighted by atomic mass is 35.5. The van der Waals surface area contributed by atoms with E-state index in [1.54, 1.807) is 0 Å². The molecule has 16 heavy (non-hydrogen) atoms. The number of likely N-dealkylation sites (N-methyl/N-ethyl adjacent to an activating group) is 1. The van der Waals surface area contributed by atoms with Gasteiger partial charge in [-0.1, -0.05) is 11.6 Å². The third-order valence-corrected chi connectivity index (χ3v) is 3.42.